The van der Waals surface area contributed by atoms with Crippen LogP contribution in [0, 0.1) is 6.92 Å². The fourth-order valence-corrected chi connectivity index (χ4v) is 4.63. The Kier molecular flexibility index (Phi) is 4.54. The first-order chi connectivity index (χ1) is 10.6. The van der Waals surface area contributed by atoms with Crippen molar-refractivity contribution in [3.8, 4) is 0 Å². The van der Waals surface area contributed by atoms with Crippen molar-refractivity contribution in [1.82, 2.24) is 10.2 Å². The highest BCUT2D eigenvalue weighted by atomic mass is 32.2. The fourth-order valence-electron chi connectivity index (χ4n) is 3.06. The minimum absolute atomic E-state index is 0.109. The van der Waals surface area contributed by atoms with Crippen molar-refractivity contribution in [2.45, 2.75) is 44.7 Å². The number of nitrogens with zero attached hydrogens (tertiary/aromatic N) is 1. The molecule has 0 aromatic carbocycles. The van der Waals surface area contributed by atoms with E-state index in [0.717, 1.165) is 43.0 Å². The molecule has 2 aliphatic rings. The molecule has 2 atom stereocenters. The van der Waals surface area contributed by atoms with Gasteiger partial charge in [0.15, 0.2) is 0 Å². The Morgan fingerprint density at radius 2 is 2.09 bits per heavy atom. The number of thioether (sulfide) groups is 1. The van der Waals surface area contributed by atoms with Crippen LogP contribution in [0.15, 0.2) is 11.4 Å². The number of carbonyl (C=O) groups excluding carboxylic acids is 3. The van der Waals surface area contributed by atoms with Crippen LogP contribution in [0.25, 0.3) is 0 Å². The number of aryl methyl sites for hydroxylation is 1. The van der Waals surface area contributed by atoms with Crippen LogP contribution in [0.4, 0.5) is 4.79 Å². The minimum atomic E-state index is -0.200. The van der Waals surface area contributed by atoms with Crippen LogP contribution < -0.4 is 5.32 Å². The molecule has 3 rings (SSSR count). The summed E-state index contributed by atoms with van der Waals surface area (Å²) in [7, 11) is 0. The van der Waals surface area contributed by atoms with Gasteiger partial charge in [0.2, 0.25) is 5.91 Å². The fraction of sp³-hybridized carbons (Fsp3) is 0.533. The number of imide groups is 1. The standard InChI is InChI=1S/C15H18N2O3S2/c1-9-6-12(21-7-9)14(19)16-10-4-2-3-5-11(10)17-13(18)8-22-15(17)20/h6-7,10-11H,2-5,8H2,1H3,(H,16,19)/t10-,11+/m1/s1. The van der Waals surface area contributed by atoms with E-state index in [9.17, 15) is 14.4 Å². The van der Waals surface area contributed by atoms with Gasteiger partial charge >= 0.3 is 0 Å². The molecule has 1 aromatic rings. The van der Waals surface area contributed by atoms with Crippen LogP contribution in [-0.2, 0) is 4.79 Å². The molecule has 0 spiro atoms. The van der Waals surface area contributed by atoms with E-state index in [-0.39, 0.29) is 34.9 Å². The molecule has 7 heteroatoms. The number of nitrogens with one attached hydrogen (secondary N) is 1. The van der Waals surface area contributed by atoms with E-state index >= 15 is 0 Å². The topological polar surface area (TPSA) is 66.5 Å². The lowest BCUT2D eigenvalue weighted by atomic mass is 9.89. The molecule has 1 aliphatic heterocycles. The second-order valence-corrected chi connectivity index (χ2v) is 7.58. The Morgan fingerprint density at radius 1 is 1.32 bits per heavy atom. The van der Waals surface area contributed by atoms with Crippen molar-refractivity contribution in [3.63, 3.8) is 0 Å². The average Bonchev–Trinajstić information content (AvgIpc) is 3.06. The van der Waals surface area contributed by atoms with Crippen LogP contribution in [-0.4, -0.2) is 39.8 Å². The number of carbonyl (C=O) groups is 3. The molecule has 2 heterocycles. The molecular formula is C15H18N2O3S2. The SMILES string of the molecule is Cc1csc(C(=O)N[C@@H]2CCCC[C@@H]2N2C(=O)CSC2=O)c1. The van der Waals surface area contributed by atoms with Gasteiger partial charge in [0.1, 0.15) is 0 Å². The molecule has 3 amide bonds. The summed E-state index contributed by atoms with van der Waals surface area (Å²) in [5, 5.41) is 4.80. The maximum atomic E-state index is 12.4. The smallest absolute Gasteiger partial charge is 0.289 e. The van der Waals surface area contributed by atoms with Gasteiger partial charge in [0.25, 0.3) is 11.1 Å². The largest absolute Gasteiger partial charge is 0.347 e. The summed E-state index contributed by atoms with van der Waals surface area (Å²) >= 11 is 2.47. The molecule has 5 nitrogen and oxygen atoms in total. The summed E-state index contributed by atoms with van der Waals surface area (Å²) in [5.74, 6) is -0.0185. The lowest BCUT2D eigenvalue weighted by molar-refractivity contribution is -0.127. The molecular weight excluding hydrogens is 320 g/mol. The second kappa shape index (κ2) is 6.42. The molecule has 1 aromatic heterocycles. The van der Waals surface area contributed by atoms with E-state index in [4.69, 9.17) is 0 Å². The van der Waals surface area contributed by atoms with Crippen molar-refractivity contribution in [3.05, 3.63) is 21.9 Å². The van der Waals surface area contributed by atoms with E-state index in [1.807, 2.05) is 18.4 Å². The molecule has 0 unspecified atom stereocenters. The summed E-state index contributed by atoms with van der Waals surface area (Å²) in [6.07, 6.45) is 3.57. The Hall–Kier alpha value is -1.34. The van der Waals surface area contributed by atoms with E-state index in [2.05, 4.69) is 5.32 Å². The highest BCUT2D eigenvalue weighted by Crippen LogP contribution is 2.30. The lowest BCUT2D eigenvalue weighted by Crippen LogP contribution is -2.54. The van der Waals surface area contributed by atoms with Gasteiger partial charge in [-0.3, -0.25) is 19.3 Å². The third-order valence-electron chi connectivity index (χ3n) is 4.12. The zero-order valence-electron chi connectivity index (χ0n) is 12.3. The van der Waals surface area contributed by atoms with E-state index < -0.39 is 0 Å². The Morgan fingerprint density at radius 3 is 2.73 bits per heavy atom. The summed E-state index contributed by atoms with van der Waals surface area (Å²) in [5.41, 5.74) is 1.07. The van der Waals surface area contributed by atoms with E-state index in [0.29, 0.717) is 4.88 Å². The lowest BCUT2D eigenvalue weighted by Gasteiger charge is -2.36. The third kappa shape index (κ3) is 3.05. The zero-order chi connectivity index (χ0) is 15.7. The predicted octanol–water partition coefficient (Wildman–Crippen LogP) is 2.79. The van der Waals surface area contributed by atoms with Crippen molar-refractivity contribution >= 4 is 40.2 Å². The predicted molar refractivity (Wildman–Crippen MR) is 87.3 cm³/mol. The number of amides is 3. The molecule has 118 valence electrons. The van der Waals surface area contributed by atoms with Gasteiger partial charge in [0, 0.05) is 0 Å². The Balaban J connectivity index is 1.74. The van der Waals surface area contributed by atoms with Gasteiger partial charge in [-0.15, -0.1) is 11.3 Å². The molecule has 0 bridgehead atoms. The van der Waals surface area contributed by atoms with Crippen LogP contribution in [0.5, 0.6) is 0 Å². The number of thiophene rings is 1. The van der Waals surface area contributed by atoms with Crippen molar-refractivity contribution in [2.75, 3.05) is 5.75 Å². The quantitative estimate of drug-likeness (QED) is 0.920. The molecule has 2 fully saturated rings. The number of hydrogen-bond acceptors (Lipinski definition) is 5. The maximum absolute atomic E-state index is 12.4. The number of hydrogen-bond donors (Lipinski definition) is 1. The van der Waals surface area contributed by atoms with Crippen molar-refractivity contribution in [2.24, 2.45) is 0 Å². The van der Waals surface area contributed by atoms with Gasteiger partial charge in [0.05, 0.1) is 22.7 Å². The minimum Gasteiger partial charge on any atom is -0.347 e. The average molecular weight is 338 g/mol. The summed E-state index contributed by atoms with van der Waals surface area (Å²) in [6.45, 7) is 1.95. The van der Waals surface area contributed by atoms with Crippen LogP contribution in [0.1, 0.15) is 40.9 Å². The molecule has 22 heavy (non-hydrogen) atoms. The first-order valence-corrected chi connectivity index (χ1v) is 9.27. The van der Waals surface area contributed by atoms with Gasteiger partial charge in [-0.25, -0.2) is 0 Å². The third-order valence-corrected chi connectivity index (χ3v) is 6.00. The van der Waals surface area contributed by atoms with Crippen molar-refractivity contribution < 1.29 is 14.4 Å². The highest BCUT2D eigenvalue weighted by Gasteiger charge is 2.41. The van der Waals surface area contributed by atoms with Crippen molar-refractivity contribution in [1.29, 1.82) is 0 Å². The van der Waals surface area contributed by atoms with Gasteiger partial charge in [-0.05, 0) is 36.8 Å². The highest BCUT2D eigenvalue weighted by molar-refractivity contribution is 8.14. The van der Waals surface area contributed by atoms with Gasteiger partial charge in [-0.1, -0.05) is 24.6 Å². The van der Waals surface area contributed by atoms with Crippen LogP contribution in [0.2, 0.25) is 0 Å². The summed E-state index contributed by atoms with van der Waals surface area (Å²) in [6, 6.07) is 1.52. The number of rotatable bonds is 3. The molecule has 1 saturated heterocycles. The van der Waals surface area contributed by atoms with E-state index in [1.165, 1.54) is 16.2 Å². The normalized spacial score (nSPS) is 25.6. The Bertz CT molecular complexity index is 598. The zero-order valence-corrected chi connectivity index (χ0v) is 14.0. The Labute approximate surface area is 137 Å². The summed E-state index contributed by atoms with van der Waals surface area (Å²) in [4.78, 5) is 38.3. The second-order valence-electron chi connectivity index (χ2n) is 5.74. The molecule has 1 N–H and O–H groups in total. The first kappa shape index (κ1) is 15.6. The molecule has 1 saturated carbocycles. The maximum Gasteiger partial charge on any atom is 0.289 e. The van der Waals surface area contributed by atoms with Gasteiger partial charge < -0.3 is 5.32 Å². The van der Waals surface area contributed by atoms with E-state index in [1.54, 1.807) is 0 Å². The van der Waals surface area contributed by atoms with Crippen LogP contribution >= 0.6 is 23.1 Å². The summed E-state index contributed by atoms with van der Waals surface area (Å²) < 4.78 is 0. The molecule has 1 aliphatic carbocycles. The van der Waals surface area contributed by atoms with Gasteiger partial charge in [-0.2, -0.15) is 0 Å². The monoisotopic (exact) mass is 338 g/mol. The van der Waals surface area contributed by atoms with Crippen LogP contribution in [0.3, 0.4) is 0 Å². The first-order valence-electron chi connectivity index (χ1n) is 7.41. The molecule has 0 radical (unpaired) electrons.